The first kappa shape index (κ1) is 30.3. The van der Waals surface area contributed by atoms with E-state index in [1.165, 1.54) is 37.9 Å². The van der Waals surface area contributed by atoms with Gasteiger partial charge in [0.25, 0.3) is 0 Å². The summed E-state index contributed by atoms with van der Waals surface area (Å²) < 4.78 is 0. The summed E-state index contributed by atoms with van der Waals surface area (Å²) in [6.45, 7) is 12.9. The average Bonchev–Trinajstić information content (AvgIpc) is 3.13. The van der Waals surface area contributed by atoms with Gasteiger partial charge in [-0.2, -0.15) is 0 Å². The van der Waals surface area contributed by atoms with Gasteiger partial charge in [-0.05, 0) is 106 Å². The van der Waals surface area contributed by atoms with Gasteiger partial charge in [-0.15, -0.1) is 0 Å². The van der Waals surface area contributed by atoms with Gasteiger partial charge in [0.15, 0.2) is 0 Å². The SMILES string of the molecule is C=C(C)c1ccc(N(c2ccccn2)c2ccc3ccc4c(N(c5ccc(C(C)(C)C)cc5)c5ccccn5)ccc5ccc2c3c54)cc1. The van der Waals surface area contributed by atoms with Gasteiger partial charge < -0.3 is 0 Å². The van der Waals surface area contributed by atoms with Crippen LogP contribution in [0, 0.1) is 0 Å². The van der Waals surface area contributed by atoms with Crippen LogP contribution in [0.15, 0.2) is 152 Å². The van der Waals surface area contributed by atoms with Crippen molar-refractivity contribution in [3.8, 4) is 0 Å². The lowest BCUT2D eigenvalue weighted by Crippen LogP contribution is -2.14. The van der Waals surface area contributed by atoms with Crippen LogP contribution in [0.3, 0.4) is 0 Å². The maximum absolute atomic E-state index is 4.84. The third-order valence-corrected chi connectivity index (χ3v) is 9.47. The highest BCUT2D eigenvalue weighted by Crippen LogP contribution is 2.47. The molecular weight excluding hydrogens is 597 g/mol. The molecule has 2 heterocycles. The van der Waals surface area contributed by atoms with Crippen molar-refractivity contribution in [2.24, 2.45) is 0 Å². The molecule has 49 heavy (non-hydrogen) atoms. The lowest BCUT2D eigenvalue weighted by molar-refractivity contribution is 0.590. The van der Waals surface area contributed by atoms with Crippen molar-refractivity contribution in [2.75, 3.05) is 9.80 Å². The van der Waals surface area contributed by atoms with Crippen LogP contribution < -0.4 is 9.80 Å². The van der Waals surface area contributed by atoms with E-state index in [-0.39, 0.29) is 5.41 Å². The molecule has 0 aliphatic carbocycles. The Kier molecular flexibility index (Phi) is 7.37. The molecule has 238 valence electrons. The molecule has 0 atom stereocenters. The first-order chi connectivity index (χ1) is 23.8. The number of rotatable bonds is 7. The Morgan fingerprint density at radius 3 is 1.39 bits per heavy atom. The first-order valence-electron chi connectivity index (χ1n) is 16.8. The maximum Gasteiger partial charge on any atom is 0.137 e. The Labute approximate surface area is 288 Å². The summed E-state index contributed by atoms with van der Waals surface area (Å²) in [5, 5.41) is 7.22. The minimum Gasteiger partial charge on any atom is -0.294 e. The molecule has 0 aliphatic rings. The predicted octanol–water partition coefficient (Wildman–Crippen LogP) is 12.6. The minimum atomic E-state index is 0.0643. The van der Waals surface area contributed by atoms with Crippen LogP contribution in [0.25, 0.3) is 37.9 Å². The fraction of sp³-hybridized carbons (Fsp3) is 0.111. The van der Waals surface area contributed by atoms with Gasteiger partial charge in [0.2, 0.25) is 0 Å². The first-order valence-corrected chi connectivity index (χ1v) is 16.8. The zero-order valence-electron chi connectivity index (χ0n) is 28.4. The zero-order valence-corrected chi connectivity index (χ0v) is 28.4. The monoisotopic (exact) mass is 634 g/mol. The number of nitrogens with zero attached hydrogens (tertiary/aromatic N) is 4. The molecule has 8 aromatic rings. The summed E-state index contributed by atoms with van der Waals surface area (Å²) >= 11 is 0. The maximum atomic E-state index is 4.84. The van der Waals surface area contributed by atoms with Gasteiger partial charge in [-0.25, -0.2) is 9.97 Å². The second-order valence-electron chi connectivity index (χ2n) is 13.8. The van der Waals surface area contributed by atoms with Gasteiger partial charge in [0, 0.05) is 34.5 Å². The van der Waals surface area contributed by atoms with E-state index in [0.29, 0.717) is 0 Å². The van der Waals surface area contributed by atoms with Crippen LogP contribution in [0.5, 0.6) is 0 Å². The van der Waals surface area contributed by atoms with Gasteiger partial charge in [0.05, 0.1) is 11.4 Å². The molecule has 0 N–H and O–H groups in total. The molecule has 4 nitrogen and oxygen atoms in total. The van der Waals surface area contributed by atoms with E-state index in [2.05, 4.69) is 152 Å². The summed E-state index contributed by atoms with van der Waals surface area (Å²) in [5.41, 5.74) is 7.81. The van der Waals surface area contributed by atoms with E-state index in [0.717, 1.165) is 45.5 Å². The number of aromatic nitrogens is 2. The molecule has 0 saturated carbocycles. The lowest BCUT2D eigenvalue weighted by Gasteiger charge is -2.29. The molecule has 0 fully saturated rings. The van der Waals surface area contributed by atoms with Crippen LogP contribution in [0.2, 0.25) is 0 Å². The van der Waals surface area contributed by atoms with Crippen molar-refractivity contribution >= 4 is 72.3 Å². The van der Waals surface area contributed by atoms with E-state index < -0.39 is 0 Å². The van der Waals surface area contributed by atoms with E-state index in [4.69, 9.17) is 9.97 Å². The number of allylic oxidation sites excluding steroid dienone is 1. The Morgan fingerprint density at radius 1 is 0.531 bits per heavy atom. The largest absolute Gasteiger partial charge is 0.294 e. The van der Waals surface area contributed by atoms with E-state index >= 15 is 0 Å². The summed E-state index contributed by atoms with van der Waals surface area (Å²) in [7, 11) is 0. The van der Waals surface area contributed by atoms with Gasteiger partial charge in [-0.3, -0.25) is 9.80 Å². The Balaban J connectivity index is 1.36. The van der Waals surface area contributed by atoms with Crippen molar-refractivity contribution in [1.82, 2.24) is 9.97 Å². The molecular formula is C45H38N4. The lowest BCUT2D eigenvalue weighted by atomic mass is 9.87. The fourth-order valence-electron chi connectivity index (χ4n) is 6.93. The van der Waals surface area contributed by atoms with Crippen molar-refractivity contribution in [2.45, 2.75) is 33.1 Å². The number of hydrogen-bond donors (Lipinski definition) is 0. The highest BCUT2D eigenvalue weighted by Gasteiger charge is 2.23. The summed E-state index contributed by atoms with van der Waals surface area (Å²) in [4.78, 5) is 14.2. The second kappa shape index (κ2) is 11.9. The smallest absolute Gasteiger partial charge is 0.137 e. The molecule has 0 amide bonds. The minimum absolute atomic E-state index is 0.0643. The number of pyridine rings is 2. The van der Waals surface area contributed by atoms with Crippen LogP contribution in [0.4, 0.5) is 34.4 Å². The molecule has 4 heteroatoms. The van der Waals surface area contributed by atoms with Crippen molar-refractivity contribution in [3.05, 3.63) is 164 Å². The molecule has 0 radical (unpaired) electrons. The number of benzene rings is 6. The second-order valence-corrected chi connectivity index (χ2v) is 13.8. The van der Waals surface area contributed by atoms with Crippen molar-refractivity contribution < 1.29 is 0 Å². The third kappa shape index (κ3) is 5.36. The molecule has 2 aromatic heterocycles. The normalized spacial score (nSPS) is 11.8. The zero-order chi connectivity index (χ0) is 33.7. The number of hydrogen-bond acceptors (Lipinski definition) is 4. The van der Waals surface area contributed by atoms with Gasteiger partial charge in [-0.1, -0.05) is 106 Å². The van der Waals surface area contributed by atoms with Crippen molar-refractivity contribution in [1.29, 1.82) is 0 Å². The highest BCUT2D eigenvalue weighted by atomic mass is 15.2. The number of anilines is 6. The summed E-state index contributed by atoms with van der Waals surface area (Å²) in [6, 6.07) is 47.6. The van der Waals surface area contributed by atoms with Crippen LogP contribution in [-0.2, 0) is 5.41 Å². The molecule has 0 saturated heterocycles. The Hall–Kier alpha value is -6.00. The molecule has 6 aromatic carbocycles. The molecule has 0 bridgehead atoms. The van der Waals surface area contributed by atoms with Gasteiger partial charge in [0.1, 0.15) is 11.6 Å². The van der Waals surface area contributed by atoms with E-state index in [1.807, 2.05) is 37.5 Å². The van der Waals surface area contributed by atoms with E-state index in [9.17, 15) is 0 Å². The quantitative estimate of drug-likeness (QED) is 0.163. The van der Waals surface area contributed by atoms with Crippen LogP contribution >= 0.6 is 0 Å². The topological polar surface area (TPSA) is 32.3 Å². The summed E-state index contributed by atoms with van der Waals surface area (Å²) in [6.07, 6.45) is 3.72. The third-order valence-electron chi connectivity index (χ3n) is 9.47. The molecule has 0 unspecified atom stereocenters. The standard InChI is InChI=1S/C45H38N4/c1-30(2)31-12-20-35(21-13-31)48(41-10-6-8-28-46-41)39-26-16-32-15-25-38-40(27-17-33-14-24-37(39)43(32)44(33)38)49(42-11-7-9-29-47-42)36-22-18-34(19-23-36)45(3,4)5/h6-29H,1H2,2-5H3. The van der Waals surface area contributed by atoms with Crippen LogP contribution in [-0.4, -0.2) is 9.97 Å². The van der Waals surface area contributed by atoms with E-state index in [1.54, 1.807) is 0 Å². The van der Waals surface area contributed by atoms with Crippen molar-refractivity contribution in [3.63, 3.8) is 0 Å². The van der Waals surface area contributed by atoms with Crippen LogP contribution in [0.1, 0.15) is 38.8 Å². The molecule has 0 spiro atoms. The fourth-order valence-corrected chi connectivity index (χ4v) is 6.93. The Morgan fingerprint density at radius 2 is 0.980 bits per heavy atom. The average molecular weight is 635 g/mol. The molecule has 0 aliphatic heterocycles. The molecule has 8 rings (SSSR count). The Bertz CT molecular complexity index is 2430. The predicted molar refractivity (Wildman–Crippen MR) is 209 cm³/mol. The van der Waals surface area contributed by atoms with Gasteiger partial charge >= 0.3 is 0 Å². The highest BCUT2D eigenvalue weighted by molar-refractivity contribution is 6.28. The summed E-state index contributed by atoms with van der Waals surface area (Å²) in [5.74, 6) is 1.74.